The number of carbonyl (C=O) groups excluding carboxylic acids is 3. The van der Waals surface area contributed by atoms with Crippen LogP contribution in [0.1, 0.15) is 57.9 Å². The topological polar surface area (TPSA) is 241 Å². The normalized spacial score (nSPS) is 14.6. The summed E-state index contributed by atoms with van der Waals surface area (Å²) in [6.45, 7) is 4.41. The van der Waals surface area contributed by atoms with E-state index in [0.717, 1.165) is 5.56 Å². The molecule has 0 aliphatic carbocycles. The van der Waals surface area contributed by atoms with E-state index in [0.29, 0.717) is 45.2 Å². The van der Waals surface area contributed by atoms with Gasteiger partial charge in [0.05, 0.1) is 6.04 Å². The highest BCUT2D eigenvalue weighted by atomic mass is 16.4. The summed E-state index contributed by atoms with van der Waals surface area (Å²) in [7, 11) is 0. The summed E-state index contributed by atoms with van der Waals surface area (Å²) in [5, 5.41) is 17.6. The first-order valence-corrected chi connectivity index (χ1v) is 13.7. The zero-order valence-corrected chi connectivity index (χ0v) is 23.5. The van der Waals surface area contributed by atoms with Gasteiger partial charge in [0.2, 0.25) is 17.7 Å². The summed E-state index contributed by atoms with van der Waals surface area (Å²) < 4.78 is 0. The van der Waals surface area contributed by atoms with Gasteiger partial charge in [-0.3, -0.25) is 19.4 Å². The molecule has 1 rings (SSSR count). The molecule has 1 aromatic carbocycles. The molecule has 0 radical (unpaired) electrons. The zero-order chi connectivity index (χ0) is 30.1. The molecule has 5 atom stereocenters. The van der Waals surface area contributed by atoms with Gasteiger partial charge in [0.25, 0.3) is 0 Å². The molecule has 0 aliphatic rings. The van der Waals surface area contributed by atoms with E-state index >= 15 is 0 Å². The second kappa shape index (κ2) is 18.6. The maximum absolute atomic E-state index is 13.5. The van der Waals surface area contributed by atoms with Crippen LogP contribution < -0.4 is 38.9 Å². The third-order valence-electron chi connectivity index (χ3n) is 6.57. The molecule has 0 aromatic heterocycles. The molecule has 224 valence electrons. The van der Waals surface area contributed by atoms with Crippen LogP contribution in [-0.4, -0.2) is 72.0 Å². The van der Waals surface area contributed by atoms with Gasteiger partial charge in [0, 0.05) is 13.0 Å². The fraction of sp³-hybridized carbons (Fsp3) is 0.593. The number of amides is 3. The van der Waals surface area contributed by atoms with Gasteiger partial charge in [0.15, 0.2) is 5.96 Å². The number of unbranched alkanes of at least 4 members (excludes halogenated alkanes) is 1. The third kappa shape index (κ3) is 12.9. The molecule has 0 bridgehead atoms. The van der Waals surface area contributed by atoms with Gasteiger partial charge in [-0.05, 0) is 50.1 Å². The highest BCUT2D eigenvalue weighted by molar-refractivity contribution is 5.94. The summed E-state index contributed by atoms with van der Waals surface area (Å²) in [6.07, 6.45) is 2.82. The van der Waals surface area contributed by atoms with Crippen molar-refractivity contribution in [3.63, 3.8) is 0 Å². The lowest BCUT2D eigenvalue weighted by Crippen LogP contribution is -2.59. The second-order valence-corrected chi connectivity index (χ2v) is 9.86. The molecule has 0 heterocycles. The second-order valence-electron chi connectivity index (χ2n) is 9.86. The Balaban J connectivity index is 3.05. The number of nitrogens with zero attached hydrogens (tertiary/aromatic N) is 1. The Kier molecular flexibility index (Phi) is 15.9. The Bertz CT molecular complexity index is 971. The van der Waals surface area contributed by atoms with Crippen molar-refractivity contribution in [2.24, 2.45) is 33.8 Å². The van der Waals surface area contributed by atoms with Crippen molar-refractivity contribution < 1.29 is 24.3 Å². The molecule has 12 N–H and O–H groups in total. The lowest BCUT2D eigenvalue weighted by molar-refractivity contribution is -0.142. The Labute approximate surface area is 235 Å². The van der Waals surface area contributed by atoms with Crippen LogP contribution in [-0.2, 0) is 25.6 Å². The number of guanidine groups is 1. The molecule has 5 unspecified atom stereocenters. The number of nitrogens with one attached hydrogen (secondary N) is 3. The maximum atomic E-state index is 13.5. The van der Waals surface area contributed by atoms with E-state index < -0.39 is 47.9 Å². The molecule has 1 aromatic rings. The predicted molar refractivity (Wildman–Crippen MR) is 154 cm³/mol. The fourth-order valence-corrected chi connectivity index (χ4v) is 3.96. The number of aliphatic carboxylic acids is 1. The summed E-state index contributed by atoms with van der Waals surface area (Å²) >= 11 is 0. The average Bonchev–Trinajstić information content (AvgIpc) is 2.92. The van der Waals surface area contributed by atoms with Crippen molar-refractivity contribution in [3.8, 4) is 0 Å². The SMILES string of the molecule is CCC(C)C(NC(=O)C(N)CCCN=C(N)N)C(=O)NC(Cc1ccccc1)C(=O)NC(CCCCN)C(=O)O. The quantitative estimate of drug-likeness (QED) is 0.0604. The van der Waals surface area contributed by atoms with Crippen molar-refractivity contribution in [2.45, 2.75) is 83.0 Å². The van der Waals surface area contributed by atoms with Crippen molar-refractivity contribution in [3.05, 3.63) is 35.9 Å². The minimum Gasteiger partial charge on any atom is -0.480 e. The average molecular weight is 563 g/mol. The molecule has 3 amide bonds. The van der Waals surface area contributed by atoms with Gasteiger partial charge in [0.1, 0.15) is 18.1 Å². The maximum Gasteiger partial charge on any atom is 0.326 e. The van der Waals surface area contributed by atoms with E-state index in [1.165, 1.54) is 0 Å². The zero-order valence-electron chi connectivity index (χ0n) is 23.5. The Morgan fingerprint density at radius 1 is 0.900 bits per heavy atom. The Hall–Kier alpha value is -3.71. The molecule has 13 heteroatoms. The van der Waals surface area contributed by atoms with E-state index in [2.05, 4.69) is 20.9 Å². The van der Waals surface area contributed by atoms with Crippen LogP contribution in [0.5, 0.6) is 0 Å². The van der Waals surface area contributed by atoms with E-state index in [4.69, 9.17) is 22.9 Å². The Morgan fingerprint density at radius 2 is 1.55 bits per heavy atom. The first-order chi connectivity index (χ1) is 19.0. The fourth-order valence-electron chi connectivity index (χ4n) is 3.96. The van der Waals surface area contributed by atoms with Crippen molar-refractivity contribution in [2.75, 3.05) is 13.1 Å². The first-order valence-electron chi connectivity index (χ1n) is 13.7. The van der Waals surface area contributed by atoms with E-state index in [9.17, 15) is 24.3 Å². The number of carbonyl (C=O) groups is 4. The van der Waals surface area contributed by atoms with Gasteiger partial charge in [-0.15, -0.1) is 0 Å². The Morgan fingerprint density at radius 3 is 2.12 bits per heavy atom. The molecule has 0 saturated carbocycles. The van der Waals surface area contributed by atoms with Crippen molar-refractivity contribution >= 4 is 29.7 Å². The summed E-state index contributed by atoms with van der Waals surface area (Å²) in [6, 6.07) is 4.97. The van der Waals surface area contributed by atoms with Crippen LogP contribution in [0.25, 0.3) is 0 Å². The molecule has 13 nitrogen and oxygen atoms in total. The smallest absolute Gasteiger partial charge is 0.326 e. The monoisotopic (exact) mass is 562 g/mol. The highest BCUT2D eigenvalue weighted by Gasteiger charge is 2.32. The standard InChI is InChI=1S/C27H46N8O5/c1-3-17(2)22(35-23(36)19(29)12-9-15-32-27(30)31)25(38)34-21(16-18-10-5-4-6-11-18)24(37)33-20(26(39)40)13-7-8-14-28/h4-6,10-11,17,19-22H,3,7-9,12-16,28-29H2,1-2H3,(H,33,37)(H,34,38)(H,35,36)(H,39,40)(H4,30,31,32). The van der Waals surface area contributed by atoms with E-state index in [1.807, 2.05) is 13.0 Å². The summed E-state index contributed by atoms with van der Waals surface area (Å²) in [4.78, 5) is 55.2. The van der Waals surface area contributed by atoms with Crippen molar-refractivity contribution in [1.82, 2.24) is 16.0 Å². The van der Waals surface area contributed by atoms with Gasteiger partial charge >= 0.3 is 5.97 Å². The minimum atomic E-state index is -1.17. The molecule has 0 fully saturated rings. The number of rotatable bonds is 19. The number of hydrogen-bond donors (Lipinski definition) is 8. The van der Waals surface area contributed by atoms with Crippen molar-refractivity contribution in [1.29, 1.82) is 0 Å². The third-order valence-corrected chi connectivity index (χ3v) is 6.57. The molecular weight excluding hydrogens is 516 g/mol. The van der Waals surface area contributed by atoms with Crippen LogP contribution in [0.3, 0.4) is 0 Å². The number of hydrogen-bond acceptors (Lipinski definition) is 7. The molecular formula is C27H46N8O5. The number of nitrogens with two attached hydrogens (primary N) is 4. The van der Waals surface area contributed by atoms with Crippen LogP contribution in [0.2, 0.25) is 0 Å². The number of benzene rings is 1. The lowest BCUT2D eigenvalue weighted by atomic mass is 9.96. The minimum absolute atomic E-state index is 0.0501. The number of carboxylic acids is 1. The van der Waals surface area contributed by atoms with Gasteiger partial charge < -0.3 is 44.0 Å². The number of aliphatic imine (C=N–C) groups is 1. The molecule has 40 heavy (non-hydrogen) atoms. The number of carboxylic acid groups (broad SMARTS) is 1. The summed E-state index contributed by atoms with van der Waals surface area (Å²) in [5.74, 6) is -3.22. The van der Waals surface area contributed by atoms with Gasteiger partial charge in [-0.1, -0.05) is 50.6 Å². The van der Waals surface area contributed by atoms with Crippen LogP contribution in [0, 0.1) is 5.92 Å². The summed E-state index contributed by atoms with van der Waals surface area (Å²) in [5.41, 5.74) is 22.9. The lowest BCUT2D eigenvalue weighted by Gasteiger charge is -2.28. The van der Waals surface area contributed by atoms with E-state index in [-0.39, 0.29) is 24.7 Å². The largest absolute Gasteiger partial charge is 0.480 e. The van der Waals surface area contributed by atoms with Crippen LogP contribution in [0.15, 0.2) is 35.3 Å². The van der Waals surface area contributed by atoms with Gasteiger partial charge in [-0.2, -0.15) is 0 Å². The van der Waals surface area contributed by atoms with Crippen LogP contribution in [0.4, 0.5) is 0 Å². The highest BCUT2D eigenvalue weighted by Crippen LogP contribution is 2.11. The predicted octanol–water partition coefficient (Wildman–Crippen LogP) is -0.676. The van der Waals surface area contributed by atoms with Gasteiger partial charge in [-0.25, -0.2) is 4.79 Å². The molecule has 0 saturated heterocycles. The molecule has 0 spiro atoms. The first kappa shape index (κ1) is 34.3. The van der Waals surface area contributed by atoms with E-state index in [1.54, 1.807) is 31.2 Å². The molecule has 0 aliphatic heterocycles. The van der Waals surface area contributed by atoms with Crippen LogP contribution >= 0.6 is 0 Å².